The van der Waals surface area contributed by atoms with Crippen LogP contribution in [0.3, 0.4) is 0 Å². The molecule has 4 aromatic rings. The number of fused-ring (bicyclic) bond motifs is 6. The number of rotatable bonds is 14. The number of carboxylic acid groups (broad SMARTS) is 2. The molecule has 22 heteroatoms. The predicted molar refractivity (Wildman–Crippen MR) is 273 cm³/mol. The number of nitrogens with zero attached hydrogens (tertiary/aromatic N) is 4. The highest BCUT2D eigenvalue weighted by Gasteiger charge is 2.51. The minimum Gasteiger partial charge on any atom is -0.542 e. The van der Waals surface area contributed by atoms with Gasteiger partial charge in [0.05, 0.1) is 35.9 Å². The number of likely N-dealkylation sites (tertiary alicyclic amines) is 2. The van der Waals surface area contributed by atoms with Gasteiger partial charge in [-0.15, -0.1) is 22.7 Å². The number of ketones is 2. The molecule has 8 aliphatic rings. The molecule has 8 fully saturated rings. The van der Waals surface area contributed by atoms with Gasteiger partial charge in [-0.3, -0.25) is 19.4 Å². The maximum atomic E-state index is 13.6. The van der Waals surface area contributed by atoms with Crippen LogP contribution in [0.2, 0.25) is 0 Å². The van der Waals surface area contributed by atoms with Crippen LogP contribution < -0.4 is 10.2 Å². The molecule has 0 spiro atoms. The fraction of sp³-hybridized carbons (Fsp3) is 0.536. The number of thiophene rings is 2. The Labute approximate surface area is 457 Å². The zero-order valence-corrected chi connectivity index (χ0v) is 44.8. The molecule has 0 amide bonds. The van der Waals surface area contributed by atoms with E-state index in [4.69, 9.17) is 29.3 Å². The Morgan fingerprint density at radius 2 is 0.833 bits per heavy atom. The first-order valence-electron chi connectivity index (χ1n) is 26.5. The second kappa shape index (κ2) is 27.1. The average molecular weight is 1130 g/mol. The molecule has 8 aliphatic heterocycles. The van der Waals surface area contributed by atoms with E-state index in [0.29, 0.717) is 24.9 Å². The Morgan fingerprint density at radius 3 is 1.12 bits per heavy atom. The molecule has 2 aromatic carbocycles. The van der Waals surface area contributed by atoms with Crippen molar-refractivity contribution in [2.75, 3.05) is 78.5 Å². The maximum Gasteiger partial charge on any atom is 0.430 e. The standard InChI is InChI=1S/2C26H33N2O3S.2C2HF3O2/c2*29-22(24-10-7-17-32-24)18-28-15-11-20(12-16-28)23(19-28)31-26(30)25(21-8-3-1-4-9-21)27-13-5-2-6-14-27;2*3-2(4,5)1(6)7/h2*1,3-4,7-10,17,20,23,25H,2,5-6,11-16,18-19H2;2*(H,6,7)/q2*+1;;/p-2/t2*20?,23-,25?,28?;;/m00../s1. The van der Waals surface area contributed by atoms with Gasteiger partial charge < -0.3 is 38.2 Å². The number of hydrogen-bond acceptors (Lipinski definition) is 14. The van der Waals surface area contributed by atoms with E-state index in [0.717, 1.165) is 147 Å². The van der Waals surface area contributed by atoms with Crippen LogP contribution in [-0.4, -0.2) is 157 Å². The number of esters is 2. The van der Waals surface area contributed by atoms with Crippen LogP contribution in [0.4, 0.5) is 26.3 Å². The van der Waals surface area contributed by atoms with E-state index in [1.807, 2.05) is 95.7 Å². The highest BCUT2D eigenvalue weighted by Crippen LogP contribution is 2.39. The summed E-state index contributed by atoms with van der Waals surface area (Å²) in [5.74, 6) is -4.94. The monoisotopic (exact) mass is 1130 g/mol. The molecule has 10 heterocycles. The molecule has 0 N–H and O–H groups in total. The summed E-state index contributed by atoms with van der Waals surface area (Å²) in [6.45, 7) is 10.4. The van der Waals surface area contributed by atoms with Crippen molar-refractivity contribution >= 4 is 58.1 Å². The van der Waals surface area contributed by atoms with Crippen molar-refractivity contribution in [1.82, 2.24) is 9.80 Å². The van der Waals surface area contributed by atoms with E-state index < -0.39 is 24.3 Å². The molecule has 4 atom stereocenters. The van der Waals surface area contributed by atoms with Gasteiger partial charge in [-0.1, -0.05) is 85.6 Å². The Kier molecular flexibility index (Phi) is 20.9. The molecule has 0 aliphatic carbocycles. The zero-order valence-electron chi connectivity index (χ0n) is 43.2. The van der Waals surface area contributed by atoms with Crippen LogP contribution in [0.5, 0.6) is 0 Å². The fourth-order valence-corrected chi connectivity index (χ4v) is 13.1. The van der Waals surface area contributed by atoms with Crippen molar-refractivity contribution < 1.29 is 83.8 Å². The van der Waals surface area contributed by atoms with Crippen LogP contribution in [0.15, 0.2) is 95.7 Å². The molecular formula is C56H66F6N4O10S2. The van der Waals surface area contributed by atoms with Gasteiger partial charge in [0.15, 0.2) is 12.2 Å². The third-order valence-corrected chi connectivity index (χ3v) is 17.6. The van der Waals surface area contributed by atoms with Crippen LogP contribution in [0, 0.1) is 11.8 Å². The van der Waals surface area contributed by atoms with E-state index in [1.54, 1.807) is 0 Å². The highest BCUT2D eigenvalue weighted by atomic mass is 32.1. The number of carbonyl (C=O) groups excluding carboxylic acids is 6. The first-order valence-corrected chi connectivity index (χ1v) is 28.3. The van der Waals surface area contributed by atoms with Crippen LogP contribution in [0.1, 0.15) is 107 Å². The number of hydrogen-bond donors (Lipinski definition) is 0. The number of aliphatic carboxylic acids is 2. The normalized spacial score (nSPS) is 25.7. The number of carbonyl (C=O) groups is 6. The maximum absolute atomic E-state index is 13.6. The van der Waals surface area contributed by atoms with Gasteiger partial charge in [-0.05, 0) is 85.9 Å². The zero-order chi connectivity index (χ0) is 56.1. The molecule has 8 saturated heterocycles. The first kappa shape index (κ1) is 60.1. The van der Waals surface area contributed by atoms with E-state index in [-0.39, 0.29) is 47.8 Å². The fourth-order valence-electron chi connectivity index (χ4n) is 11.8. The minimum absolute atomic E-state index is 0.0860. The lowest BCUT2D eigenvalue weighted by Crippen LogP contribution is -2.66. The van der Waals surface area contributed by atoms with Gasteiger partial charge in [0.2, 0.25) is 11.6 Å². The molecule has 4 bridgehead atoms. The summed E-state index contributed by atoms with van der Waals surface area (Å²) < 4.78 is 77.2. The number of ether oxygens (including phenoxy) is 2. The summed E-state index contributed by atoms with van der Waals surface area (Å²) in [5.41, 5.74) is 2.05. The number of benzene rings is 2. The Hall–Kier alpha value is -5.52. The number of quaternary nitrogens is 2. The van der Waals surface area contributed by atoms with Crippen molar-refractivity contribution in [3.8, 4) is 0 Å². The summed E-state index contributed by atoms with van der Waals surface area (Å²) >= 11 is 3.04. The smallest absolute Gasteiger partial charge is 0.430 e. The van der Waals surface area contributed by atoms with Crippen molar-refractivity contribution in [3.05, 3.63) is 117 Å². The number of halogens is 6. The average Bonchev–Trinajstić information content (AvgIpc) is 4.19. The molecule has 0 radical (unpaired) electrons. The quantitative estimate of drug-likeness (QED) is 0.0538. The lowest BCUT2D eigenvalue weighted by Gasteiger charge is -2.51. The molecule has 12 rings (SSSR count). The summed E-state index contributed by atoms with van der Waals surface area (Å²) in [6, 6.07) is 27.3. The van der Waals surface area contributed by atoms with Gasteiger partial charge in [-0.2, -0.15) is 26.3 Å². The number of piperidine rings is 8. The van der Waals surface area contributed by atoms with E-state index >= 15 is 0 Å². The van der Waals surface area contributed by atoms with Crippen molar-refractivity contribution in [2.45, 2.75) is 101 Å². The molecule has 78 heavy (non-hydrogen) atoms. The van der Waals surface area contributed by atoms with Gasteiger partial charge in [-0.25, -0.2) is 9.59 Å². The van der Waals surface area contributed by atoms with Crippen LogP contribution in [-0.2, 0) is 28.7 Å². The Balaban J connectivity index is 0.000000182. The summed E-state index contributed by atoms with van der Waals surface area (Å²) in [7, 11) is 0. The van der Waals surface area contributed by atoms with Gasteiger partial charge in [0.1, 0.15) is 50.2 Å². The summed E-state index contributed by atoms with van der Waals surface area (Å²) in [4.78, 5) is 76.7. The molecular weight excluding hydrogens is 1070 g/mol. The number of alkyl halides is 6. The summed E-state index contributed by atoms with van der Waals surface area (Å²) in [5, 5.41) is 21.5. The van der Waals surface area contributed by atoms with E-state index in [2.05, 4.69) is 9.80 Å². The van der Waals surface area contributed by atoms with Crippen molar-refractivity contribution in [2.24, 2.45) is 11.8 Å². The highest BCUT2D eigenvalue weighted by molar-refractivity contribution is 7.12. The second-order valence-corrected chi connectivity index (χ2v) is 23.0. The SMILES string of the molecule is O=C(C[N+]12CCC(CC1)[C@@H](OC(=O)C(c1ccccc1)N1CCCCC1)C2)c1cccs1.O=C(C[N+]12CCC(CC1)[C@@H](OC(=O)C(c1ccccc1)N1CCCCC1)C2)c1cccs1.O=C([O-])C(F)(F)F.O=C([O-])C(F)(F)F. The number of Topliss-reactive ketones (excluding diaryl/α,β-unsaturated/α-hetero) is 2. The van der Waals surface area contributed by atoms with Crippen LogP contribution >= 0.6 is 22.7 Å². The van der Waals surface area contributed by atoms with Crippen molar-refractivity contribution in [3.63, 3.8) is 0 Å². The minimum atomic E-state index is -5.19. The molecule has 2 unspecified atom stereocenters. The van der Waals surface area contributed by atoms with Crippen molar-refractivity contribution in [1.29, 1.82) is 0 Å². The molecule has 14 nitrogen and oxygen atoms in total. The van der Waals surface area contributed by atoms with E-state index in [9.17, 15) is 45.5 Å². The lowest BCUT2D eigenvalue weighted by molar-refractivity contribution is -0.938. The Bertz CT molecular complexity index is 2400. The second-order valence-electron chi connectivity index (χ2n) is 21.1. The number of carboxylic acids is 2. The molecule has 2 aromatic heterocycles. The van der Waals surface area contributed by atoms with E-state index in [1.165, 1.54) is 35.5 Å². The molecule has 0 saturated carbocycles. The molecule has 424 valence electrons. The summed E-state index contributed by atoms with van der Waals surface area (Å²) in [6.07, 6.45) is 0.582. The largest absolute Gasteiger partial charge is 0.542 e. The van der Waals surface area contributed by atoms with Crippen LogP contribution in [0.25, 0.3) is 0 Å². The van der Waals surface area contributed by atoms with Gasteiger partial charge in [0.25, 0.3) is 0 Å². The predicted octanol–water partition coefficient (Wildman–Crippen LogP) is 7.22. The first-order chi connectivity index (χ1) is 37.2. The van der Waals surface area contributed by atoms with Gasteiger partial charge in [0, 0.05) is 37.5 Å². The topological polar surface area (TPSA) is 173 Å². The Morgan fingerprint density at radius 1 is 0.513 bits per heavy atom. The lowest BCUT2D eigenvalue weighted by atomic mass is 9.83. The third-order valence-electron chi connectivity index (χ3n) is 15.8. The van der Waals surface area contributed by atoms with Gasteiger partial charge >= 0.3 is 24.3 Å². The third kappa shape index (κ3) is 16.3.